The Morgan fingerprint density at radius 3 is 2.65 bits per heavy atom. The van der Waals surface area contributed by atoms with Gasteiger partial charge in [0.05, 0.1) is 0 Å². The van der Waals surface area contributed by atoms with Gasteiger partial charge in [-0.25, -0.2) is 8.78 Å². The standard InChI is InChI=1S/C18H18F2N2O/c19-16-9-8-13(11-17(16)20)18(23)21-12-15-7-4-10-22(15)14-5-2-1-3-6-14/h1-3,5-6,8-9,11,15H,4,7,10,12H2,(H,21,23)/t15-/m0/s1. The van der Waals surface area contributed by atoms with E-state index in [-0.39, 0.29) is 17.5 Å². The van der Waals surface area contributed by atoms with Crippen molar-refractivity contribution >= 4 is 11.6 Å². The van der Waals surface area contributed by atoms with Crippen LogP contribution >= 0.6 is 0 Å². The van der Waals surface area contributed by atoms with E-state index in [0.29, 0.717) is 6.54 Å². The maximum Gasteiger partial charge on any atom is 0.251 e. The molecule has 3 nitrogen and oxygen atoms in total. The Hall–Kier alpha value is -2.43. The number of halogens is 2. The van der Waals surface area contributed by atoms with Crippen LogP contribution in [0.2, 0.25) is 0 Å². The molecule has 0 aromatic heterocycles. The number of benzene rings is 2. The van der Waals surface area contributed by atoms with Gasteiger partial charge in [-0.1, -0.05) is 18.2 Å². The fourth-order valence-corrected chi connectivity index (χ4v) is 2.96. The van der Waals surface area contributed by atoms with Crippen LogP contribution in [-0.2, 0) is 0 Å². The number of anilines is 1. The van der Waals surface area contributed by atoms with E-state index in [1.165, 1.54) is 6.07 Å². The number of nitrogens with zero attached hydrogens (tertiary/aromatic N) is 1. The van der Waals surface area contributed by atoms with E-state index in [0.717, 1.165) is 37.2 Å². The maximum absolute atomic E-state index is 13.2. The Morgan fingerprint density at radius 2 is 1.91 bits per heavy atom. The van der Waals surface area contributed by atoms with E-state index < -0.39 is 11.6 Å². The van der Waals surface area contributed by atoms with Crippen molar-refractivity contribution in [2.24, 2.45) is 0 Å². The van der Waals surface area contributed by atoms with E-state index in [2.05, 4.69) is 22.3 Å². The lowest BCUT2D eigenvalue weighted by molar-refractivity contribution is 0.0951. The van der Waals surface area contributed by atoms with Crippen LogP contribution in [0.5, 0.6) is 0 Å². The summed E-state index contributed by atoms with van der Waals surface area (Å²) >= 11 is 0. The molecule has 0 spiro atoms. The lowest BCUT2D eigenvalue weighted by atomic mass is 10.1. The second-order valence-electron chi connectivity index (χ2n) is 5.66. The smallest absolute Gasteiger partial charge is 0.251 e. The van der Waals surface area contributed by atoms with Crippen molar-refractivity contribution in [2.45, 2.75) is 18.9 Å². The molecule has 0 bridgehead atoms. The number of para-hydroxylation sites is 1. The number of hydrogen-bond acceptors (Lipinski definition) is 2. The van der Waals surface area contributed by atoms with Gasteiger partial charge in [-0.2, -0.15) is 0 Å². The molecule has 1 aliphatic heterocycles. The number of nitrogens with one attached hydrogen (secondary N) is 1. The average Bonchev–Trinajstić information content (AvgIpc) is 3.04. The summed E-state index contributed by atoms with van der Waals surface area (Å²) in [6, 6.07) is 13.5. The van der Waals surface area contributed by atoms with Gasteiger partial charge in [-0.05, 0) is 43.2 Å². The molecule has 23 heavy (non-hydrogen) atoms. The molecular formula is C18H18F2N2O. The number of carbonyl (C=O) groups is 1. The molecule has 0 unspecified atom stereocenters. The van der Waals surface area contributed by atoms with Gasteiger partial charge in [0, 0.05) is 30.4 Å². The molecule has 1 saturated heterocycles. The number of hydrogen-bond donors (Lipinski definition) is 1. The van der Waals surface area contributed by atoms with Crippen molar-refractivity contribution < 1.29 is 13.6 Å². The summed E-state index contributed by atoms with van der Waals surface area (Å²) in [4.78, 5) is 14.4. The van der Waals surface area contributed by atoms with Crippen molar-refractivity contribution in [2.75, 3.05) is 18.0 Å². The molecule has 120 valence electrons. The number of rotatable bonds is 4. The van der Waals surface area contributed by atoms with Gasteiger partial charge in [-0.3, -0.25) is 4.79 Å². The first-order valence-electron chi connectivity index (χ1n) is 7.70. The minimum atomic E-state index is -1.01. The summed E-state index contributed by atoms with van der Waals surface area (Å²) in [5.74, 6) is -2.35. The van der Waals surface area contributed by atoms with Crippen LogP contribution in [0, 0.1) is 11.6 Å². The molecule has 1 atom stereocenters. The normalized spacial score (nSPS) is 17.3. The topological polar surface area (TPSA) is 32.3 Å². The Kier molecular flexibility index (Phi) is 4.55. The van der Waals surface area contributed by atoms with Crippen molar-refractivity contribution in [1.82, 2.24) is 5.32 Å². The van der Waals surface area contributed by atoms with Gasteiger partial charge < -0.3 is 10.2 Å². The summed E-state index contributed by atoms with van der Waals surface area (Å²) < 4.78 is 26.1. The Labute approximate surface area is 133 Å². The molecule has 1 fully saturated rings. The molecular weight excluding hydrogens is 298 g/mol. The predicted octanol–water partition coefficient (Wildman–Crippen LogP) is 3.36. The third kappa shape index (κ3) is 3.50. The van der Waals surface area contributed by atoms with Crippen LogP contribution in [0.1, 0.15) is 23.2 Å². The average molecular weight is 316 g/mol. The van der Waals surface area contributed by atoms with Crippen LogP contribution in [-0.4, -0.2) is 25.0 Å². The van der Waals surface area contributed by atoms with Crippen LogP contribution < -0.4 is 10.2 Å². The molecule has 5 heteroatoms. The predicted molar refractivity (Wildman–Crippen MR) is 85.5 cm³/mol. The highest BCUT2D eigenvalue weighted by Crippen LogP contribution is 2.24. The molecule has 0 saturated carbocycles. The van der Waals surface area contributed by atoms with E-state index >= 15 is 0 Å². The minimum Gasteiger partial charge on any atom is -0.367 e. The summed E-state index contributed by atoms with van der Waals surface area (Å²) in [5, 5.41) is 2.82. The van der Waals surface area contributed by atoms with E-state index in [1.54, 1.807) is 0 Å². The second-order valence-corrected chi connectivity index (χ2v) is 5.66. The van der Waals surface area contributed by atoms with Gasteiger partial charge in [0.2, 0.25) is 0 Å². The fraction of sp³-hybridized carbons (Fsp3) is 0.278. The zero-order chi connectivity index (χ0) is 16.2. The molecule has 0 aliphatic carbocycles. The first kappa shape index (κ1) is 15.5. The SMILES string of the molecule is O=C(NC[C@@H]1CCCN1c1ccccc1)c1ccc(F)c(F)c1. The van der Waals surface area contributed by atoms with Crippen LogP contribution in [0.25, 0.3) is 0 Å². The van der Waals surface area contributed by atoms with Crippen molar-refractivity contribution in [3.63, 3.8) is 0 Å². The third-order valence-corrected chi connectivity index (χ3v) is 4.15. The van der Waals surface area contributed by atoms with Crippen molar-refractivity contribution in [3.05, 3.63) is 65.7 Å². The third-order valence-electron chi connectivity index (χ3n) is 4.15. The first-order chi connectivity index (χ1) is 11.1. The Balaban J connectivity index is 1.63. The zero-order valence-corrected chi connectivity index (χ0v) is 12.6. The molecule has 0 radical (unpaired) electrons. The van der Waals surface area contributed by atoms with Crippen LogP contribution in [0.3, 0.4) is 0 Å². The lowest BCUT2D eigenvalue weighted by Gasteiger charge is -2.27. The van der Waals surface area contributed by atoms with Crippen molar-refractivity contribution in [1.29, 1.82) is 0 Å². The summed E-state index contributed by atoms with van der Waals surface area (Å²) in [5.41, 5.74) is 1.27. The van der Waals surface area contributed by atoms with E-state index in [9.17, 15) is 13.6 Å². The van der Waals surface area contributed by atoms with Crippen LogP contribution in [0.4, 0.5) is 14.5 Å². The largest absolute Gasteiger partial charge is 0.367 e. The van der Waals surface area contributed by atoms with Gasteiger partial charge in [0.1, 0.15) is 0 Å². The van der Waals surface area contributed by atoms with Crippen molar-refractivity contribution in [3.8, 4) is 0 Å². The second kappa shape index (κ2) is 6.77. The maximum atomic E-state index is 13.2. The highest BCUT2D eigenvalue weighted by Gasteiger charge is 2.25. The summed E-state index contributed by atoms with van der Waals surface area (Å²) in [6.45, 7) is 1.43. The molecule has 1 amide bonds. The van der Waals surface area contributed by atoms with Gasteiger partial charge in [0.25, 0.3) is 5.91 Å². The highest BCUT2D eigenvalue weighted by molar-refractivity contribution is 5.94. The van der Waals surface area contributed by atoms with Gasteiger partial charge in [-0.15, -0.1) is 0 Å². The molecule has 1 N–H and O–H groups in total. The molecule has 2 aromatic carbocycles. The van der Waals surface area contributed by atoms with Gasteiger partial charge in [0.15, 0.2) is 11.6 Å². The van der Waals surface area contributed by atoms with Crippen LogP contribution in [0.15, 0.2) is 48.5 Å². The highest BCUT2D eigenvalue weighted by atomic mass is 19.2. The minimum absolute atomic E-state index is 0.133. The number of amides is 1. The first-order valence-corrected chi connectivity index (χ1v) is 7.70. The molecule has 2 aromatic rings. The molecule has 1 heterocycles. The summed E-state index contributed by atoms with van der Waals surface area (Å²) in [7, 11) is 0. The quantitative estimate of drug-likeness (QED) is 0.938. The monoisotopic (exact) mass is 316 g/mol. The Bertz CT molecular complexity index is 691. The van der Waals surface area contributed by atoms with E-state index in [4.69, 9.17) is 0 Å². The number of carbonyl (C=O) groups excluding carboxylic acids is 1. The van der Waals surface area contributed by atoms with E-state index in [1.807, 2.05) is 18.2 Å². The lowest BCUT2D eigenvalue weighted by Crippen LogP contribution is -2.40. The molecule has 1 aliphatic rings. The molecule has 3 rings (SSSR count). The zero-order valence-electron chi connectivity index (χ0n) is 12.6. The fourth-order valence-electron chi connectivity index (χ4n) is 2.96. The summed E-state index contributed by atoms with van der Waals surface area (Å²) in [6.07, 6.45) is 2.06. The Morgan fingerprint density at radius 1 is 1.13 bits per heavy atom. The van der Waals surface area contributed by atoms with Gasteiger partial charge >= 0.3 is 0 Å².